The van der Waals surface area contributed by atoms with Crippen molar-refractivity contribution in [2.24, 2.45) is 10.2 Å². The van der Waals surface area contributed by atoms with Gasteiger partial charge >= 0.3 is 0 Å². The lowest BCUT2D eigenvalue weighted by atomic mass is 10.2. The predicted molar refractivity (Wildman–Crippen MR) is 69.9 cm³/mol. The van der Waals surface area contributed by atoms with Crippen LogP contribution in [0.3, 0.4) is 0 Å². The Bertz CT molecular complexity index is 513. The van der Waals surface area contributed by atoms with Crippen LogP contribution in [0.5, 0.6) is 0 Å². The smallest absolute Gasteiger partial charge is 0.0904 e. The second-order valence-corrected chi connectivity index (χ2v) is 3.66. The highest BCUT2D eigenvalue weighted by atomic mass is 15.1. The molecule has 4 nitrogen and oxygen atoms in total. The molecule has 17 heavy (non-hydrogen) atoms. The van der Waals surface area contributed by atoms with Gasteiger partial charge in [0.2, 0.25) is 0 Å². The number of azo groups is 1. The third kappa shape index (κ3) is 2.81. The van der Waals surface area contributed by atoms with Gasteiger partial charge in [0.05, 0.1) is 23.6 Å². The number of anilines is 2. The van der Waals surface area contributed by atoms with Crippen LogP contribution in [-0.4, -0.2) is 0 Å². The van der Waals surface area contributed by atoms with Gasteiger partial charge in [-0.05, 0) is 18.2 Å². The van der Waals surface area contributed by atoms with Crippen molar-refractivity contribution >= 4 is 17.1 Å². The second kappa shape index (κ2) is 5.12. The number of fused-ring (bicyclic) bond motifs is 1. The maximum Gasteiger partial charge on any atom is 0.0904 e. The van der Waals surface area contributed by atoms with Crippen molar-refractivity contribution < 1.29 is 0 Å². The van der Waals surface area contributed by atoms with E-state index in [0.29, 0.717) is 11.4 Å². The molecule has 4 heteroatoms. The molecule has 0 saturated heterocycles. The Morgan fingerprint density at radius 2 is 1.41 bits per heavy atom. The summed E-state index contributed by atoms with van der Waals surface area (Å²) >= 11 is 0. The van der Waals surface area contributed by atoms with E-state index in [1.165, 1.54) is 5.56 Å². The monoisotopic (exact) mass is 226 g/mol. The van der Waals surface area contributed by atoms with Crippen LogP contribution in [0.1, 0.15) is 5.56 Å². The molecule has 1 aliphatic rings. The maximum atomic E-state index is 5.39. The highest BCUT2D eigenvalue weighted by Crippen LogP contribution is 2.25. The van der Waals surface area contributed by atoms with Gasteiger partial charge in [-0.2, -0.15) is 10.2 Å². The summed E-state index contributed by atoms with van der Waals surface area (Å²) < 4.78 is 0. The summed E-state index contributed by atoms with van der Waals surface area (Å²) in [7, 11) is 0. The lowest BCUT2D eigenvalue weighted by Crippen LogP contribution is -1.91. The molecule has 0 radical (unpaired) electrons. The van der Waals surface area contributed by atoms with Gasteiger partial charge in [0.25, 0.3) is 0 Å². The van der Waals surface area contributed by atoms with Gasteiger partial charge < -0.3 is 11.5 Å². The van der Waals surface area contributed by atoms with Gasteiger partial charge in [0.15, 0.2) is 0 Å². The van der Waals surface area contributed by atoms with Crippen molar-refractivity contribution in [1.29, 1.82) is 0 Å². The fourth-order valence-corrected chi connectivity index (χ4v) is 1.44. The van der Waals surface area contributed by atoms with Gasteiger partial charge in [-0.3, -0.25) is 0 Å². The molecule has 1 heterocycles. The van der Waals surface area contributed by atoms with Crippen LogP contribution in [0.25, 0.3) is 0 Å². The first-order valence-electron chi connectivity index (χ1n) is 5.33. The van der Waals surface area contributed by atoms with E-state index in [1.54, 1.807) is 12.1 Å². The summed E-state index contributed by atoms with van der Waals surface area (Å²) in [6, 6.07) is 15.3. The molecular weight excluding hydrogens is 212 g/mol. The number of nitrogens with two attached hydrogens (primary N) is 2. The average Bonchev–Trinajstić information content (AvgIpc) is 2.82. The van der Waals surface area contributed by atoms with Crippen LogP contribution in [0, 0.1) is 0 Å². The van der Waals surface area contributed by atoms with Crippen LogP contribution in [0.15, 0.2) is 58.8 Å². The molecule has 0 atom stereocenters. The molecule has 3 rings (SSSR count). The number of benzene rings is 2. The van der Waals surface area contributed by atoms with Gasteiger partial charge in [0.1, 0.15) is 0 Å². The lowest BCUT2D eigenvalue weighted by molar-refractivity contribution is 1.04. The zero-order valence-corrected chi connectivity index (χ0v) is 9.38. The average molecular weight is 226 g/mol. The summed E-state index contributed by atoms with van der Waals surface area (Å²) in [6.07, 6.45) is 0. The maximum absolute atomic E-state index is 5.39. The zero-order chi connectivity index (χ0) is 12.1. The first kappa shape index (κ1) is 11.1. The molecule has 0 amide bonds. The highest BCUT2D eigenvalue weighted by Gasteiger charge is 2.03. The number of hydrogen-bond donors (Lipinski definition) is 2. The molecule has 0 fully saturated rings. The predicted octanol–water partition coefficient (Wildman–Crippen LogP) is 3.13. The first-order chi connectivity index (χ1) is 8.27. The minimum atomic E-state index is 0.646. The molecule has 0 aliphatic carbocycles. The van der Waals surface area contributed by atoms with Crippen molar-refractivity contribution in [1.82, 2.24) is 0 Å². The molecule has 0 spiro atoms. The number of rotatable bonds is 0. The number of nitrogens with zero attached hydrogens (tertiary/aromatic N) is 2. The second-order valence-electron chi connectivity index (χ2n) is 3.66. The summed E-state index contributed by atoms with van der Waals surface area (Å²) in [5.74, 6) is 0. The summed E-state index contributed by atoms with van der Waals surface area (Å²) in [6.45, 7) is 0.760. The summed E-state index contributed by atoms with van der Waals surface area (Å²) in [5, 5.41) is 7.80. The van der Waals surface area contributed by atoms with Gasteiger partial charge in [-0.25, -0.2) is 0 Å². The third-order valence-corrected chi connectivity index (χ3v) is 2.41. The van der Waals surface area contributed by atoms with E-state index < -0.39 is 0 Å². The standard InChI is InChI=1S/C7H6N2.C6H8N2/c1-2-4-7-6(3-1)5-8-9-7;7-5-3-1-2-4-6(5)8/h1-4H,5H2;1-4H,7-8H2. The van der Waals surface area contributed by atoms with E-state index in [9.17, 15) is 0 Å². The molecular formula is C13H14N4. The van der Waals surface area contributed by atoms with Gasteiger partial charge in [0, 0.05) is 5.56 Å². The molecule has 0 aromatic heterocycles. The van der Waals surface area contributed by atoms with Crippen molar-refractivity contribution in [2.75, 3.05) is 11.5 Å². The van der Waals surface area contributed by atoms with E-state index in [-0.39, 0.29) is 0 Å². The molecule has 86 valence electrons. The molecule has 0 unspecified atom stereocenters. The van der Waals surface area contributed by atoms with Crippen LogP contribution in [0.4, 0.5) is 17.1 Å². The van der Waals surface area contributed by atoms with E-state index in [4.69, 9.17) is 11.5 Å². The largest absolute Gasteiger partial charge is 0.397 e. The normalized spacial score (nSPS) is 11.5. The van der Waals surface area contributed by atoms with Gasteiger partial charge in [-0.15, -0.1) is 0 Å². The van der Waals surface area contributed by atoms with Crippen LogP contribution >= 0.6 is 0 Å². The fraction of sp³-hybridized carbons (Fsp3) is 0.0769. The Kier molecular flexibility index (Phi) is 3.35. The third-order valence-electron chi connectivity index (χ3n) is 2.41. The van der Waals surface area contributed by atoms with Crippen molar-refractivity contribution in [3.63, 3.8) is 0 Å². The van der Waals surface area contributed by atoms with E-state index >= 15 is 0 Å². The summed E-state index contributed by atoms with van der Waals surface area (Å²) in [5.41, 5.74) is 14.3. The van der Waals surface area contributed by atoms with Crippen molar-refractivity contribution in [3.8, 4) is 0 Å². The van der Waals surface area contributed by atoms with E-state index in [2.05, 4.69) is 16.3 Å². The highest BCUT2D eigenvalue weighted by molar-refractivity contribution is 5.62. The van der Waals surface area contributed by atoms with E-state index in [0.717, 1.165) is 12.2 Å². The van der Waals surface area contributed by atoms with Crippen molar-refractivity contribution in [2.45, 2.75) is 6.54 Å². The molecule has 0 bridgehead atoms. The molecule has 0 saturated carbocycles. The molecule has 2 aromatic carbocycles. The van der Waals surface area contributed by atoms with E-state index in [1.807, 2.05) is 30.3 Å². The number of nitrogen functional groups attached to an aromatic ring is 2. The van der Waals surface area contributed by atoms with Crippen molar-refractivity contribution in [3.05, 3.63) is 54.1 Å². The Balaban J connectivity index is 0.000000128. The number of hydrogen-bond acceptors (Lipinski definition) is 4. The Morgan fingerprint density at radius 1 is 0.824 bits per heavy atom. The Labute approximate surface area is 100.0 Å². The molecule has 1 aliphatic heterocycles. The first-order valence-corrected chi connectivity index (χ1v) is 5.33. The molecule has 4 N–H and O–H groups in total. The fourth-order valence-electron chi connectivity index (χ4n) is 1.44. The molecule has 2 aromatic rings. The minimum absolute atomic E-state index is 0.646. The van der Waals surface area contributed by atoms with Crippen LogP contribution in [0.2, 0.25) is 0 Å². The number of para-hydroxylation sites is 2. The topological polar surface area (TPSA) is 76.8 Å². The minimum Gasteiger partial charge on any atom is -0.397 e. The zero-order valence-electron chi connectivity index (χ0n) is 9.38. The SMILES string of the molecule is Nc1ccccc1N.c1ccc2c(c1)CN=N2. The Morgan fingerprint density at radius 3 is 2.00 bits per heavy atom. The van der Waals surface area contributed by atoms with Crippen LogP contribution < -0.4 is 11.5 Å². The summed E-state index contributed by atoms with van der Waals surface area (Å²) in [4.78, 5) is 0. The lowest BCUT2D eigenvalue weighted by Gasteiger charge is -1.94. The van der Waals surface area contributed by atoms with Crippen LogP contribution in [-0.2, 0) is 6.54 Å². The Hall–Kier alpha value is -2.36. The van der Waals surface area contributed by atoms with Gasteiger partial charge in [-0.1, -0.05) is 30.3 Å². The quantitative estimate of drug-likeness (QED) is 0.677.